The fourth-order valence-electron chi connectivity index (χ4n) is 2.38. The van der Waals surface area contributed by atoms with E-state index in [0.717, 1.165) is 26.2 Å². The van der Waals surface area contributed by atoms with Crippen LogP contribution in [0.25, 0.3) is 0 Å². The first kappa shape index (κ1) is 13.4. The number of nitrogens with one attached hydrogen (secondary N) is 1. The van der Waals surface area contributed by atoms with Gasteiger partial charge in [0.25, 0.3) is 0 Å². The van der Waals surface area contributed by atoms with Crippen molar-refractivity contribution >= 4 is 5.69 Å². The number of benzene rings is 1. The van der Waals surface area contributed by atoms with Crippen LogP contribution in [0.3, 0.4) is 0 Å². The Kier molecular flexibility index (Phi) is 5.02. The molecule has 1 heterocycles. The first-order chi connectivity index (χ1) is 8.75. The van der Waals surface area contributed by atoms with Crippen molar-refractivity contribution in [2.75, 3.05) is 38.6 Å². The second-order valence-corrected chi connectivity index (χ2v) is 5.14. The average Bonchev–Trinajstić information content (AvgIpc) is 2.84. The normalized spacial score (nSPS) is 19.4. The van der Waals surface area contributed by atoms with Crippen LogP contribution in [0.4, 0.5) is 5.69 Å². The summed E-state index contributed by atoms with van der Waals surface area (Å²) >= 11 is 0. The molecule has 1 aliphatic rings. The topological polar surface area (TPSA) is 24.5 Å². The molecule has 0 amide bonds. The van der Waals surface area contributed by atoms with Gasteiger partial charge in [-0.25, -0.2) is 0 Å². The highest BCUT2D eigenvalue weighted by Gasteiger charge is 2.16. The minimum atomic E-state index is 0.452. The van der Waals surface area contributed by atoms with Gasteiger partial charge in [-0.1, -0.05) is 18.2 Å². The predicted molar refractivity (Wildman–Crippen MR) is 76.1 cm³/mol. The maximum Gasteiger partial charge on any atom is 0.0702 e. The smallest absolute Gasteiger partial charge is 0.0702 e. The van der Waals surface area contributed by atoms with E-state index in [0.29, 0.717) is 6.10 Å². The van der Waals surface area contributed by atoms with Crippen LogP contribution in [0.5, 0.6) is 0 Å². The van der Waals surface area contributed by atoms with Crippen LogP contribution in [-0.2, 0) is 4.74 Å². The summed E-state index contributed by atoms with van der Waals surface area (Å²) in [5, 5.41) is 3.49. The van der Waals surface area contributed by atoms with Crippen molar-refractivity contribution in [1.82, 2.24) is 4.90 Å². The predicted octanol–water partition coefficient (Wildman–Crippen LogP) is 2.52. The van der Waals surface area contributed by atoms with E-state index < -0.39 is 0 Å². The van der Waals surface area contributed by atoms with E-state index in [1.807, 2.05) is 0 Å². The summed E-state index contributed by atoms with van der Waals surface area (Å²) in [4.78, 5) is 2.35. The number of aryl methyl sites for hydroxylation is 1. The highest BCUT2D eigenvalue weighted by atomic mass is 16.5. The highest BCUT2D eigenvalue weighted by Crippen LogP contribution is 2.14. The molecule has 1 saturated heterocycles. The molecular weight excluding hydrogens is 224 g/mol. The van der Waals surface area contributed by atoms with Crippen LogP contribution in [-0.4, -0.2) is 44.3 Å². The summed E-state index contributed by atoms with van der Waals surface area (Å²) < 4.78 is 5.65. The van der Waals surface area contributed by atoms with Crippen molar-refractivity contribution in [3.63, 3.8) is 0 Å². The minimum absolute atomic E-state index is 0.452. The first-order valence-corrected chi connectivity index (χ1v) is 6.85. The standard InChI is InChI=1S/C15H24N2O/c1-13-6-3-4-8-15(13)16-9-10-17(2)12-14-7-5-11-18-14/h3-4,6,8,14,16H,5,7,9-12H2,1-2H3. The van der Waals surface area contributed by atoms with Crippen molar-refractivity contribution in [1.29, 1.82) is 0 Å². The van der Waals surface area contributed by atoms with Gasteiger partial charge in [0, 0.05) is 31.9 Å². The van der Waals surface area contributed by atoms with E-state index in [1.165, 1.54) is 24.1 Å². The molecule has 3 heteroatoms. The van der Waals surface area contributed by atoms with Crippen molar-refractivity contribution in [2.45, 2.75) is 25.9 Å². The third-order valence-electron chi connectivity index (χ3n) is 3.49. The number of likely N-dealkylation sites (N-methyl/N-ethyl adjacent to an activating group) is 1. The molecule has 1 atom stereocenters. The molecule has 1 aromatic rings. The Morgan fingerprint density at radius 2 is 2.22 bits per heavy atom. The molecule has 1 aromatic carbocycles. The number of nitrogens with zero attached hydrogens (tertiary/aromatic N) is 1. The van der Waals surface area contributed by atoms with Gasteiger partial charge in [-0.3, -0.25) is 0 Å². The number of para-hydroxylation sites is 1. The van der Waals surface area contributed by atoms with E-state index >= 15 is 0 Å². The maximum absolute atomic E-state index is 5.65. The second kappa shape index (κ2) is 6.76. The summed E-state index contributed by atoms with van der Waals surface area (Å²) in [5.74, 6) is 0. The van der Waals surface area contributed by atoms with Gasteiger partial charge in [0.2, 0.25) is 0 Å². The Bertz CT molecular complexity index is 361. The molecule has 3 nitrogen and oxygen atoms in total. The Morgan fingerprint density at radius 3 is 2.94 bits per heavy atom. The van der Waals surface area contributed by atoms with E-state index in [-0.39, 0.29) is 0 Å². The molecule has 1 unspecified atom stereocenters. The summed E-state index contributed by atoms with van der Waals surface area (Å²) in [6.07, 6.45) is 2.89. The first-order valence-electron chi connectivity index (χ1n) is 6.85. The number of hydrogen-bond donors (Lipinski definition) is 1. The van der Waals surface area contributed by atoms with E-state index in [1.54, 1.807) is 0 Å². The third kappa shape index (κ3) is 4.00. The lowest BCUT2D eigenvalue weighted by Gasteiger charge is -2.21. The molecule has 0 spiro atoms. The summed E-state index contributed by atoms with van der Waals surface area (Å²) in [5.41, 5.74) is 2.54. The lowest BCUT2D eigenvalue weighted by Crippen LogP contribution is -2.32. The number of rotatable bonds is 6. The van der Waals surface area contributed by atoms with Gasteiger partial charge in [-0.15, -0.1) is 0 Å². The molecule has 18 heavy (non-hydrogen) atoms. The van der Waals surface area contributed by atoms with Crippen LogP contribution >= 0.6 is 0 Å². The molecule has 0 saturated carbocycles. The van der Waals surface area contributed by atoms with Crippen LogP contribution in [0, 0.1) is 6.92 Å². The number of hydrogen-bond acceptors (Lipinski definition) is 3. The Labute approximate surface area is 110 Å². The fraction of sp³-hybridized carbons (Fsp3) is 0.600. The minimum Gasteiger partial charge on any atom is -0.384 e. The largest absolute Gasteiger partial charge is 0.384 e. The number of ether oxygens (including phenoxy) is 1. The molecule has 1 fully saturated rings. The van der Waals surface area contributed by atoms with E-state index in [9.17, 15) is 0 Å². The highest BCUT2D eigenvalue weighted by molar-refractivity contribution is 5.50. The van der Waals surface area contributed by atoms with Crippen LogP contribution < -0.4 is 5.32 Å². The molecule has 0 aliphatic carbocycles. The van der Waals surface area contributed by atoms with Crippen molar-refractivity contribution < 1.29 is 4.74 Å². The maximum atomic E-state index is 5.65. The molecule has 1 aliphatic heterocycles. The quantitative estimate of drug-likeness (QED) is 0.837. The van der Waals surface area contributed by atoms with Crippen molar-refractivity contribution in [3.05, 3.63) is 29.8 Å². The zero-order chi connectivity index (χ0) is 12.8. The lowest BCUT2D eigenvalue weighted by molar-refractivity contribution is 0.0823. The van der Waals surface area contributed by atoms with Crippen molar-refractivity contribution in [2.24, 2.45) is 0 Å². The van der Waals surface area contributed by atoms with E-state index in [4.69, 9.17) is 4.74 Å². The zero-order valence-electron chi connectivity index (χ0n) is 11.5. The van der Waals surface area contributed by atoms with Crippen molar-refractivity contribution in [3.8, 4) is 0 Å². The molecule has 2 rings (SSSR count). The molecule has 1 N–H and O–H groups in total. The summed E-state index contributed by atoms with van der Waals surface area (Å²) in [6.45, 7) is 6.16. The van der Waals surface area contributed by atoms with Gasteiger partial charge in [0.1, 0.15) is 0 Å². The van der Waals surface area contributed by atoms with Gasteiger partial charge in [-0.2, -0.15) is 0 Å². The van der Waals surface area contributed by atoms with Gasteiger partial charge < -0.3 is 15.0 Å². The molecule has 100 valence electrons. The molecule has 0 aromatic heterocycles. The summed E-state index contributed by atoms with van der Waals surface area (Å²) in [7, 11) is 2.17. The monoisotopic (exact) mass is 248 g/mol. The fourth-order valence-corrected chi connectivity index (χ4v) is 2.38. The average molecular weight is 248 g/mol. The molecular formula is C15H24N2O. The van der Waals surface area contributed by atoms with E-state index in [2.05, 4.69) is 48.5 Å². The van der Waals surface area contributed by atoms with Crippen LogP contribution in [0.2, 0.25) is 0 Å². The Hall–Kier alpha value is -1.06. The lowest BCUT2D eigenvalue weighted by atomic mass is 10.2. The molecule has 0 bridgehead atoms. The van der Waals surface area contributed by atoms with Crippen LogP contribution in [0.1, 0.15) is 18.4 Å². The van der Waals surface area contributed by atoms with Gasteiger partial charge in [0.15, 0.2) is 0 Å². The second-order valence-electron chi connectivity index (χ2n) is 5.14. The Balaban J connectivity index is 1.67. The Morgan fingerprint density at radius 1 is 1.39 bits per heavy atom. The van der Waals surface area contributed by atoms with Gasteiger partial charge in [0.05, 0.1) is 6.10 Å². The van der Waals surface area contributed by atoms with Gasteiger partial charge >= 0.3 is 0 Å². The summed E-state index contributed by atoms with van der Waals surface area (Å²) in [6, 6.07) is 8.42. The molecule has 0 radical (unpaired) electrons. The SMILES string of the molecule is Cc1ccccc1NCCN(C)CC1CCCO1. The van der Waals surface area contributed by atoms with Gasteiger partial charge in [-0.05, 0) is 38.4 Å². The zero-order valence-corrected chi connectivity index (χ0v) is 11.5. The van der Waals surface area contributed by atoms with Crippen LogP contribution in [0.15, 0.2) is 24.3 Å². The third-order valence-corrected chi connectivity index (χ3v) is 3.49. The number of anilines is 1.